The molecule has 29 heavy (non-hydrogen) atoms. The number of nitrogens with one attached hydrogen (secondary N) is 3. The van der Waals surface area contributed by atoms with Crippen molar-refractivity contribution in [1.82, 2.24) is 10.6 Å². The van der Waals surface area contributed by atoms with E-state index in [1.54, 1.807) is 52.0 Å². The molecule has 3 N–H and O–H groups in total. The second-order valence-electron chi connectivity index (χ2n) is 8.25. The molecule has 1 unspecified atom stereocenters. The van der Waals surface area contributed by atoms with Crippen LogP contribution in [0.5, 0.6) is 0 Å². The van der Waals surface area contributed by atoms with E-state index in [2.05, 4.69) is 16.0 Å². The Kier molecular flexibility index (Phi) is 6.66. The maximum atomic E-state index is 12.5. The van der Waals surface area contributed by atoms with E-state index in [0.29, 0.717) is 24.9 Å². The molecule has 8 nitrogen and oxygen atoms in total. The largest absolute Gasteiger partial charge is 0.444 e. The first-order valence-corrected chi connectivity index (χ1v) is 9.72. The fraction of sp³-hybridized carbons (Fsp3) is 0.524. The van der Waals surface area contributed by atoms with E-state index in [4.69, 9.17) is 4.74 Å². The molecular weight excluding hydrogens is 374 g/mol. The number of piperidine rings is 1. The maximum absolute atomic E-state index is 12.5. The molecule has 0 saturated carbocycles. The van der Waals surface area contributed by atoms with Crippen molar-refractivity contribution >= 4 is 29.5 Å². The van der Waals surface area contributed by atoms with E-state index in [1.807, 2.05) is 6.92 Å². The molecule has 0 bridgehead atoms. The van der Waals surface area contributed by atoms with Gasteiger partial charge in [0.05, 0.1) is 5.41 Å². The summed E-state index contributed by atoms with van der Waals surface area (Å²) in [4.78, 5) is 48.1. The number of hydrogen-bond donors (Lipinski definition) is 3. The van der Waals surface area contributed by atoms with E-state index in [9.17, 15) is 19.2 Å². The van der Waals surface area contributed by atoms with Gasteiger partial charge in [-0.25, -0.2) is 4.79 Å². The molecule has 4 amide bonds. The Labute approximate surface area is 170 Å². The highest BCUT2D eigenvalue weighted by molar-refractivity contribution is 6.03. The lowest BCUT2D eigenvalue weighted by Crippen LogP contribution is -2.51. The zero-order valence-corrected chi connectivity index (χ0v) is 17.5. The summed E-state index contributed by atoms with van der Waals surface area (Å²) in [5.74, 6) is -0.938. The zero-order valence-electron chi connectivity index (χ0n) is 17.5. The lowest BCUT2D eigenvalue weighted by atomic mass is 9.72. The van der Waals surface area contributed by atoms with Gasteiger partial charge in [-0.3, -0.25) is 19.7 Å². The molecule has 2 atom stereocenters. The van der Waals surface area contributed by atoms with Crippen molar-refractivity contribution in [1.29, 1.82) is 0 Å². The Hall–Kier alpha value is -2.90. The molecule has 0 spiro atoms. The highest BCUT2D eigenvalue weighted by Gasteiger charge is 2.42. The molecule has 1 aromatic carbocycles. The van der Waals surface area contributed by atoms with Gasteiger partial charge in [-0.2, -0.15) is 0 Å². The molecule has 1 saturated heterocycles. The Bertz CT molecular complexity index is 798. The third kappa shape index (κ3) is 5.56. The van der Waals surface area contributed by atoms with Crippen molar-refractivity contribution < 1.29 is 23.9 Å². The second-order valence-corrected chi connectivity index (χ2v) is 8.25. The summed E-state index contributed by atoms with van der Waals surface area (Å²) in [6, 6.07) is 6.17. The molecule has 1 fully saturated rings. The van der Waals surface area contributed by atoms with E-state index in [0.717, 1.165) is 5.56 Å². The Morgan fingerprint density at radius 3 is 2.34 bits per heavy atom. The van der Waals surface area contributed by atoms with Crippen molar-refractivity contribution in [2.45, 2.75) is 70.9 Å². The molecule has 8 heteroatoms. The molecule has 0 radical (unpaired) electrons. The first-order valence-electron chi connectivity index (χ1n) is 9.72. The van der Waals surface area contributed by atoms with Crippen LogP contribution in [0.15, 0.2) is 24.3 Å². The fourth-order valence-corrected chi connectivity index (χ4v) is 3.24. The summed E-state index contributed by atoms with van der Waals surface area (Å²) >= 11 is 0. The van der Waals surface area contributed by atoms with Crippen molar-refractivity contribution in [2.24, 2.45) is 0 Å². The fourth-order valence-electron chi connectivity index (χ4n) is 3.24. The van der Waals surface area contributed by atoms with Crippen molar-refractivity contribution in [2.75, 3.05) is 5.32 Å². The average Bonchev–Trinajstić information content (AvgIpc) is 2.61. The molecule has 0 aliphatic carbocycles. The number of anilines is 1. The van der Waals surface area contributed by atoms with E-state index >= 15 is 0 Å². The van der Waals surface area contributed by atoms with Crippen molar-refractivity contribution in [3.63, 3.8) is 0 Å². The lowest BCUT2D eigenvalue weighted by Gasteiger charge is -2.35. The molecule has 1 aliphatic heterocycles. The summed E-state index contributed by atoms with van der Waals surface area (Å²) in [5, 5.41) is 7.63. The molecule has 2 rings (SSSR count). The average molecular weight is 403 g/mol. The maximum Gasteiger partial charge on any atom is 0.408 e. The van der Waals surface area contributed by atoms with Crippen LogP contribution in [-0.4, -0.2) is 35.5 Å². The molecule has 1 heterocycles. The minimum absolute atomic E-state index is 0.255. The molecule has 1 aromatic rings. The summed E-state index contributed by atoms with van der Waals surface area (Å²) in [5.41, 5.74) is -0.0679. The van der Waals surface area contributed by atoms with Crippen LogP contribution in [0.3, 0.4) is 0 Å². The Morgan fingerprint density at radius 2 is 1.83 bits per heavy atom. The normalized spacial score (nSPS) is 20.4. The van der Waals surface area contributed by atoms with Gasteiger partial charge in [0.25, 0.3) is 0 Å². The van der Waals surface area contributed by atoms with E-state index < -0.39 is 29.1 Å². The Balaban J connectivity index is 2.03. The SMILES string of the molecule is CCC1(c2ccc(NC(=O)[C@@H](C)NC(=O)OC(C)(C)C)cc2)CCC(=O)NC1=O. The first-order chi connectivity index (χ1) is 13.5. The van der Waals surface area contributed by atoms with Crippen LogP contribution in [0.4, 0.5) is 10.5 Å². The van der Waals surface area contributed by atoms with Gasteiger partial charge in [0.1, 0.15) is 11.6 Å². The highest BCUT2D eigenvalue weighted by Crippen LogP contribution is 2.36. The smallest absolute Gasteiger partial charge is 0.408 e. The number of rotatable bonds is 5. The number of hydrogen-bond acceptors (Lipinski definition) is 5. The van der Waals surface area contributed by atoms with Crippen molar-refractivity contribution in [3.05, 3.63) is 29.8 Å². The van der Waals surface area contributed by atoms with Crippen molar-refractivity contribution in [3.8, 4) is 0 Å². The van der Waals surface area contributed by atoms with Gasteiger partial charge in [0.15, 0.2) is 0 Å². The summed E-state index contributed by atoms with van der Waals surface area (Å²) in [7, 11) is 0. The van der Waals surface area contributed by atoms with Gasteiger partial charge in [0.2, 0.25) is 17.7 Å². The quantitative estimate of drug-likeness (QED) is 0.654. The predicted molar refractivity (Wildman–Crippen MR) is 108 cm³/mol. The standard InChI is InChI=1S/C21H29N3O5/c1-6-21(12-11-16(25)24-18(21)27)14-7-9-15(10-8-14)23-17(26)13(2)22-19(28)29-20(3,4)5/h7-10,13H,6,11-12H2,1-5H3,(H,22,28)(H,23,26)(H,24,25,27)/t13-,21?/m1/s1. The number of imide groups is 1. The summed E-state index contributed by atoms with van der Waals surface area (Å²) in [6.45, 7) is 8.69. The minimum atomic E-state index is -0.790. The third-order valence-corrected chi connectivity index (χ3v) is 4.90. The molecular formula is C21H29N3O5. The molecule has 0 aromatic heterocycles. The van der Waals surface area contributed by atoms with Crippen LogP contribution in [0.2, 0.25) is 0 Å². The van der Waals surface area contributed by atoms with Gasteiger partial charge in [-0.05, 0) is 58.2 Å². The number of alkyl carbamates (subject to hydrolysis) is 1. The molecule has 1 aliphatic rings. The van der Waals surface area contributed by atoms with Crippen LogP contribution in [0, 0.1) is 0 Å². The number of amides is 4. The van der Waals surface area contributed by atoms with Crippen LogP contribution >= 0.6 is 0 Å². The number of ether oxygens (including phenoxy) is 1. The second kappa shape index (κ2) is 8.63. The number of benzene rings is 1. The summed E-state index contributed by atoms with van der Waals surface area (Å²) < 4.78 is 5.14. The number of carbonyl (C=O) groups excluding carboxylic acids is 4. The lowest BCUT2D eigenvalue weighted by molar-refractivity contribution is -0.138. The van der Waals surface area contributed by atoms with E-state index in [1.165, 1.54) is 0 Å². The zero-order chi connectivity index (χ0) is 21.8. The van der Waals surface area contributed by atoms with Gasteiger partial charge in [-0.15, -0.1) is 0 Å². The van der Waals surface area contributed by atoms with Gasteiger partial charge in [-0.1, -0.05) is 19.1 Å². The van der Waals surface area contributed by atoms with Gasteiger partial charge in [0, 0.05) is 12.1 Å². The monoisotopic (exact) mass is 403 g/mol. The van der Waals surface area contributed by atoms with Gasteiger partial charge >= 0.3 is 6.09 Å². The van der Waals surface area contributed by atoms with Gasteiger partial charge < -0.3 is 15.4 Å². The Morgan fingerprint density at radius 1 is 1.21 bits per heavy atom. The van der Waals surface area contributed by atoms with Crippen LogP contribution in [0.1, 0.15) is 59.4 Å². The predicted octanol–water partition coefficient (Wildman–Crippen LogP) is 2.62. The van der Waals surface area contributed by atoms with Crippen LogP contribution < -0.4 is 16.0 Å². The first kappa shape index (κ1) is 22.4. The third-order valence-electron chi connectivity index (χ3n) is 4.90. The minimum Gasteiger partial charge on any atom is -0.444 e. The van der Waals surface area contributed by atoms with Crippen LogP contribution in [0.25, 0.3) is 0 Å². The highest BCUT2D eigenvalue weighted by atomic mass is 16.6. The summed E-state index contributed by atoms with van der Waals surface area (Å²) in [6.07, 6.45) is 0.648. The van der Waals surface area contributed by atoms with E-state index in [-0.39, 0.29) is 11.8 Å². The topological polar surface area (TPSA) is 114 Å². The molecule has 158 valence electrons. The number of carbonyl (C=O) groups is 4. The van der Waals surface area contributed by atoms with Crippen LogP contribution in [-0.2, 0) is 24.5 Å².